The van der Waals surface area contributed by atoms with E-state index in [4.69, 9.17) is 0 Å². The molecule has 1 aromatic rings. The van der Waals surface area contributed by atoms with Gasteiger partial charge in [0.2, 0.25) is 0 Å². The summed E-state index contributed by atoms with van der Waals surface area (Å²) < 4.78 is 1.12. The van der Waals surface area contributed by atoms with E-state index in [1.807, 2.05) is 11.8 Å². The summed E-state index contributed by atoms with van der Waals surface area (Å²) in [6.45, 7) is 3.26. The van der Waals surface area contributed by atoms with Crippen LogP contribution < -0.4 is 5.32 Å². The van der Waals surface area contributed by atoms with Crippen molar-refractivity contribution in [2.75, 3.05) is 6.54 Å². The lowest BCUT2D eigenvalue weighted by atomic mass is 10.2. The Morgan fingerprint density at radius 1 is 1.64 bits per heavy atom. The van der Waals surface area contributed by atoms with Crippen LogP contribution in [0.15, 0.2) is 9.85 Å². The molecule has 1 N–H and O–H groups in total. The Hall–Kier alpha value is -0.130. The van der Waals surface area contributed by atoms with Gasteiger partial charge in [-0.05, 0) is 25.8 Å². The number of rotatable bonds is 4. The van der Waals surface area contributed by atoms with Gasteiger partial charge in [0.1, 0.15) is 5.51 Å². The molecule has 3 nitrogen and oxygen atoms in total. The Bertz CT molecular complexity index is 263. The summed E-state index contributed by atoms with van der Waals surface area (Å²) in [5, 5.41) is 12.2. The zero-order valence-corrected chi connectivity index (χ0v) is 9.90. The van der Waals surface area contributed by atoms with Crippen LogP contribution in [-0.2, 0) is 0 Å². The number of hydrogen-bond acceptors (Lipinski definition) is 5. The van der Waals surface area contributed by atoms with E-state index in [9.17, 15) is 0 Å². The van der Waals surface area contributed by atoms with Gasteiger partial charge in [0.05, 0.1) is 0 Å². The highest BCUT2D eigenvalue weighted by Crippen LogP contribution is 2.35. The van der Waals surface area contributed by atoms with Crippen molar-refractivity contribution in [3.63, 3.8) is 0 Å². The quantitative estimate of drug-likeness (QED) is 0.858. The van der Waals surface area contributed by atoms with Gasteiger partial charge in [-0.25, -0.2) is 0 Å². The van der Waals surface area contributed by atoms with E-state index in [1.165, 1.54) is 19.3 Å². The molecule has 1 aromatic heterocycles. The predicted octanol–water partition coefficient (Wildman–Crippen LogP) is 2.16. The van der Waals surface area contributed by atoms with Crippen LogP contribution in [0.2, 0.25) is 0 Å². The van der Waals surface area contributed by atoms with E-state index < -0.39 is 0 Å². The maximum Gasteiger partial charge on any atom is 0.174 e. The van der Waals surface area contributed by atoms with Crippen molar-refractivity contribution in [2.24, 2.45) is 0 Å². The van der Waals surface area contributed by atoms with Gasteiger partial charge in [0.25, 0.3) is 0 Å². The van der Waals surface area contributed by atoms with Crippen molar-refractivity contribution in [1.29, 1.82) is 0 Å². The molecule has 1 heterocycles. The monoisotopic (exact) mass is 229 g/mol. The smallest absolute Gasteiger partial charge is 0.174 e. The van der Waals surface area contributed by atoms with Crippen molar-refractivity contribution in [2.45, 2.75) is 41.8 Å². The largest absolute Gasteiger partial charge is 0.314 e. The van der Waals surface area contributed by atoms with Gasteiger partial charge in [-0.3, -0.25) is 0 Å². The van der Waals surface area contributed by atoms with Crippen molar-refractivity contribution in [3.8, 4) is 0 Å². The molecule has 0 bridgehead atoms. The van der Waals surface area contributed by atoms with E-state index in [1.54, 1.807) is 16.8 Å². The molecule has 2 unspecified atom stereocenters. The molecule has 0 spiro atoms. The molecule has 1 aliphatic rings. The van der Waals surface area contributed by atoms with Gasteiger partial charge in [-0.1, -0.05) is 30.0 Å². The zero-order chi connectivity index (χ0) is 9.80. The van der Waals surface area contributed by atoms with Gasteiger partial charge < -0.3 is 5.32 Å². The first-order valence-corrected chi connectivity index (χ1v) is 6.80. The average Bonchev–Trinajstić information content (AvgIpc) is 2.79. The van der Waals surface area contributed by atoms with Crippen LogP contribution in [0.25, 0.3) is 0 Å². The fourth-order valence-corrected chi connectivity index (χ4v) is 3.88. The van der Waals surface area contributed by atoms with E-state index >= 15 is 0 Å². The molecule has 2 atom stereocenters. The maximum atomic E-state index is 4.06. The fourth-order valence-electron chi connectivity index (χ4n) is 1.88. The SMILES string of the molecule is CCNC1CCC(Sc2nncs2)C1. The molecule has 1 saturated carbocycles. The third-order valence-corrected chi connectivity index (χ3v) is 4.59. The number of aromatic nitrogens is 2. The molecule has 1 aliphatic carbocycles. The normalized spacial score (nSPS) is 26.9. The lowest BCUT2D eigenvalue weighted by Gasteiger charge is -2.10. The van der Waals surface area contributed by atoms with Crippen LogP contribution in [0.5, 0.6) is 0 Å². The minimum Gasteiger partial charge on any atom is -0.314 e. The first-order chi connectivity index (χ1) is 6.88. The summed E-state index contributed by atoms with van der Waals surface area (Å²) in [5.41, 5.74) is 1.80. The maximum absolute atomic E-state index is 4.06. The van der Waals surface area contributed by atoms with E-state index in [-0.39, 0.29) is 0 Å². The lowest BCUT2D eigenvalue weighted by molar-refractivity contribution is 0.543. The first-order valence-electron chi connectivity index (χ1n) is 5.04. The van der Waals surface area contributed by atoms with Crippen LogP contribution in [0.4, 0.5) is 0 Å². The number of nitrogens with zero attached hydrogens (tertiary/aromatic N) is 2. The zero-order valence-electron chi connectivity index (χ0n) is 8.27. The van der Waals surface area contributed by atoms with E-state index in [2.05, 4.69) is 22.4 Å². The third kappa shape index (κ3) is 2.68. The molecule has 5 heteroatoms. The minimum absolute atomic E-state index is 0.727. The molecule has 0 amide bonds. The Morgan fingerprint density at radius 3 is 3.29 bits per heavy atom. The number of hydrogen-bond donors (Lipinski definition) is 1. The van der Waals surface area contributed by atoms with Crippen LogP contribution >= 0.6 is 23.1 Å². The highest BCUT2D eigenvalue weighted by Gasteiger charge is 2.25. The molecule has 0 radical (unpaired) electrons. The Kier molecular flexibility index (Phi) is 3.78. The Balaban J connectivity index is 1.79. The van der Waals surface area contributed by atoms with Crippen LogP contribution in [0.1, 0.15) is 26.2 Å². The first kappa shape index (κ1) is 10.4. The molecule has 0 aliphatic heterocycles. The van der Waals surface area contributed by atoms with Crippen molar-refractivity contribution >= 4 is 23.1 Å². The molecule has 14 heavy (non-hydrogen) atoms. The van der Waals surface area contributed by atoms with E-state index in [0.29, 0.717) is 0 Å². The lowest BCUT2D eigenvalue weighted by Crippen LogP contribution is -2.25. The molecule has 2 rings (SSSR count). The number of nitrogens with one attached hydrogen (secondary N) is 1. The summed E-state index contributed by atoms with van der Waals surface area (Å²) in [7, 11) is 0. The topological polar surface area (TPSA) is 37.8 Å². The fraction of sp³-hybridized carbons (Fsp3) is 0.778. The summed E-state index contributed by atoms with van der Waals surface area (Å²) in [6.07, 6.45) is 3.89. The summed E-state index contributed by atoms with van der Waals surface area (Å²) in [4.78, 5) is 0. The predicted molar refractivity (Wildman–Crippen MR) is 60.9 cm³/mol. The van der Waals surface area contributed by atoms with E-state index in [0.717, 1.165) is 22.2 Å². The van der Waals surface area contributed by atoms with Crippen molar-refractivity contribution < 1.29 is 0 Å². The van der Waals surface area contributed by atoms with Crippen molar-refractivity contribution in [3.05, 3.63) is 5.51 Å². The van der Waals surface area contributed by atoms with Gasteiger partial charge in [0, 0.05) is 11.3 Å². The van der Waals surface area contributed by atoms with Gasteiger partial charge in [0.15, 0.2) is 4.34 Å². The average molecular weight is 229 g/mol. The van der Waals surface area contributed by atoms with Gasteiger partial charge in [-0.2, -0.15) is 0 Å². The van der Waals surface area contributed by atoms with Crippen molar-refractivity contribution in [1.82, 2.24) is 15.5 Å². The van der Waals surface area contributed by atoms with Gasteiger partial charge >= 0.3 is 0 Å². The molecule has 0 aromatic carbocycles. The second kappa shape index (κ2) is 5.09. The highest BCUT2D eigenvalue weighted by atomic mass is 32.2. The minimum atomic E-state index is 0.727. The molecular formula is C9H15N3S2. The van der Waals surface area contributed by atoms with Gasteiger partial charge in [-0.15, -0.1) is 10.2 Å². The highest BCUT2D eigenvalue weighted by molar-refractivity contribution is 8.01. The molecule has 1 fully saturated rings. The van der Waals surface area contributed by atoms with Crippen LogP contribution in [0.3, 0.4) is 0 Å². The molecule has 78 valence electrons. The summed E-state index contributed by atoms with van der Waals surface area (Å²) in [6, 6.07) is 0.727. The number of thioether (sulfide) groups is 1. The molecular weight excluding hydrogens is 214 g/mol. The Morgan fingerprint density at radius 2 is 2.57 bits per heavy atom. The summed E-state index contributed by atoms with van der Waals surface area (Å²) >= 11 is 3.54. The van der Waals surface area contributed by atoms with Crippen LogP contribution in [-0.4, -0.2) is 28.0 Å². The Labute approximate surface area is 92.7 Å². The summed E-state index contributed by atoms with van der Waals surface area (Å²) in [5.74, 6) is 0. The standard InChI is InChI=1S/C9H15N3S2/c1-2-10-7-3-4-8(5-7)14-9-12-11-6-13-9/h6-8,10H,2-5H2,1H3. The second-order valence-electron chi connectivity index (χ2n) is 3.51. The second-order valence-corrected chi connectivity index (χ2v) is 5.89. The third-order valence-electron chi connectivity index (χ3n) is 2.48. The molecule has 0 saturated heterocycles. The van der Waals surface area contributed by atoms with Crippen LogP contribution in [0, 0.1) is 0 Å².